The summed E-state index contributed by atoms with van der Waals surface area (Å²) in [6.45, 7) is 10.4. The first kappa shape index (κ1) is 32.8. The SMILES string of the molecule is CN1CCN(CC(=O)N(C)c2ccc(N=C(c3cccc(CNC(=O)CC(C)(C)C)c3)c3c(O)[nH]c4cc(F)ccc34)cc2)CC1. The number of rotatable bonds is 9. The number of fused-ring (bicyclic) bond motifs is 1. The average molecular weight is 627 g/mol. The van der Waals surface area contributed by atoms with Crippen LogP contribution in [0.5, 0.6) is 5.88 Å². The maximum Gasteiger partial charge on any atom is 0.240 e. The van der Waals surface area contributed by atoms with Crippen LogP contribution in [0.3, 0.4) is 0 Å². The highest BCUT2D eigenvalue weighted by Gasteiger charge is 2.22. The normalized spacial score (nSPS) is 14.9. The Balaban J connectivity index is 1.44. The van der Waals surface area contributed by atoms with E-state index in [0.717, 1.165) is 37.4 Å². The number of carbonyl (C=O) groups excluding carboxylic acids is 2. The summed E-state index contributed by atoms with van der Waals surface area (Å²) in [7, 11) is 3.86. The second-order valence-corrected chi connectivity index (χ2v) is 13.3. The first-order valence-electron chi connectivity index (χ1n) is 15.6. The Labute approximate surface area is 269 Å². The fourth-order valence-corrected chi connectivity index (χ4v) is 5.56. The number of piperazine rings is 1. The number of hydrogen-bond acceptors (Lipinski definition) is 6. The summed E-state index contributed by atoms with van der Waals surface area (Å²) in [5.41, 5.74) is 4.18. The van der Waals surface area contributed by atoms with E-state index in [4.69, 9.17) is 4.99 Å². The average Bonchev–Trinajstić information content (AvgIpc) is 3.33. The third-order valence-corrected chi connectivity index (χ3v) is 8.17. The number of halogens is 1. The molecule has 0 radical (unpaired) electrons. The van der Waals surface area contributed by atoms with Gasteiger partial charge in [0, 0.05) is 62.8 Å². The van der Waals surface area contributed by atoms with Gasteiger partial charge < -0.3 is 25.2 Å². The van der Waals surface area contributed by atoms with Gasteiger partial charge in [0.25, 0.3) is 0 Å². The highest BCUT2D eigenvalue weighted by Crippen LogP contribution is 2.32. The number of hydrogen-bond donors (Lipinski definition) is 3. The molecular formula is C36H43FN6O3. The molecule has 0 unspecified atom stereocenters. The zero-order valence-electron chi connectivity index (χ0n) is 27.2. The predicted molar refractivity (Wildman–Crippen MR) is 181 cm³/mol. The number of likely N-dealkylation sites (N-methyl/N-ethyl adjacent to an activating group) is 2. The lowest BCUT2D eigenvalue weighted by molar-refractivity contribution is -0.123. The van der Waals surface area contributed by atoms with Crippen LogP contribution in [-0.2, 0) is 16.1 Å². The molecule has 1 aliphatic rings. The summed E-state index contributed by atoms with van der Waals surface area (Å²) in [4.78, 5) is 39.5. The Kier molecular flexibility index (Phi) is 9.88. The van der Waals surface area contributed by atoms with Gasteiger partial charge in [-0.05, 0) is 66.6 Å². The number of aromatic nitrogens is 1. The number of amides is 2. The third-order valence-electron chi connectivity index (χ3n) is 8.17. The Morgan fingerprint density at radius 3 is 2.43 bits per heavy atom. The van der Waals surface area contributed by atoms with Crippen LogP contribution in [0.4, 0.5) is 15.8 Å². The molecule has 0 bridgehead atoms. The summed E-state index contributed by atoms with van der Waals surface area (Å²) >= 11 is 0. The molecule has 0 aliphatic carbocycles. The quantitative estimate of drug-likeness (QED) is 0.215. The summed E-state index contributed by atoms with van der Waals surface area (Å²) < 4.78 is 14.1. The molecule has 46 heavy (non-hydrogen) atoms. The summed E-state index contributed by atoms with van der Waals surface area (Å²) in [5, 5.41) is 14.7. The van der Waals surface area contributed by atoms with E-state index in [-0.39, 0.29) is 23.1 Å². The van der Waals surface area contributed by atoms with E-state index in [1.807, 2.05) is 69.3 Å². The van der Waals surface area contributed by atoms with Crippen LogP contribution in [0.25, 0.3) is 10.9 Å². The molecule has 1 aliphatic heterocycles. The van der Waals surface area contributed by atoms with Gasteiger partial charge >= 0.3 is 0 Å². The zero-order chi connectivity index (χ0) is 33.0. The number of aromatic hydroxyl groups is 1. The van der Waals surface area contributed by atoms with Gasteiger partial charge in [-0.25, -0.2) is 9.38 Å². The van der Waals surface area contributed by atoms with Crippen molar-refractivity contribution in [3.8, 4) is 5.88 Å². The highest BCUT2D eigenvalue weighted by molar-refractivity contribution is 6.22. The van der Waals surface area contributed by atoms with Gasteiger partial charge in [-0.1, -0.05) is 39.0 Å². The van der Waals surface area contributed by atoms with Crippen molar-refractivity contribution in [1.29, 1.82) is 0 Å². The van der Waals surface area contributed by atoms with E-state index >= 15 is 0 Å². The number of nitrogens with one attached hydrogen (secondary N) is 2. The molecule has 3 aromatic carbocycles. The molecule has 0 spiro atoms. The molecule has 0 saturated carbocycles. The van der Waals surface area contributed by atoms with Crippen LogP contribution in [0, 0.1) is 11.2 Å². The van der Waals surface area contributed by atoms with Crippen molar-refractivity contribution in [3.63, 3.8) is 0 Å². The Morgan fingerprint density at radius 1 is 1.02 bits per heavy atom. The molecule has 4 aromatic rings. The minimum atomic E-state index is -0.423. The first-order valence-corrected chi connectivity index (χ1v) is 15.6. The number of anilines is 1. The Hall–Kier alpha value is -4.54. The number of aromatic amines is 1. The molecular weight excluding hydrogens is 583 g/mol. The second kappa shape index (κ2) is 13.8. The Bertz CT molecular complexity index is 1730. The molecule has 2 amide bonds. The largest absolute Gasteiger partial charge is 0.494 e. The van der Waals surface area contributed by atoms with Crippen molar-refractivity contribution in [2.24, 2.45) is 10.4 Å². The number of H-pyrrole nitrogens is 1. The van der Waals surface area contributed by atoms with Gasteiger partial charge in [0.05, 0.1) is 29.0 Å². The van der Waals surface area contributed by atoms with Gasteiger partial charge in [-0.15, -0.1) is 0 Å². The lowest BCUT2D eigenvalue weighted by Gasteiger charge is -2.32. The van der Waals surface area contributed by atoms with Crippen LogP contribution in [0.15, 0.2) is 71.7 Å². The van der Waals surface area contributed by atoms with E-state index in [0.29, 0.717) is 52.9 Å². The van der Waals surface area contributed by atoms with Crippen molar-refractivity contribution < 1.29 is 19.1 Å². The van der Waals surface area contributed by atoms with E-state index in [9.17, 15) is 19.1 Å². The number of benzene rings is 3. The standard InChI is InChI=1S/C36H43FN6O3/c1-36(2,3)21-31(44)38-22-24-7-6-8-25(19-24)34(33-29-14-9-26(37)20-30(29)40-35(33)46)39-27-10-12-28(13-11-27)42(5)32(45)23-43-17-15-41(4)16-18-43/h6-14,19-20,40,46H,15-18,21-23H2,1-5H3,(H,38,44). The third kappa shape index (κ3) is 8.18. The van der Waals surface area contributed by atoms with Crippen LogP contribution in [0.1, 0.15) is 43.9 Å². The van der Waals surface area contributed by atoms with Gasteiger partial charge in [0.15, 0.2) is 5.88 Å². The van der Waals surface area contributed by atoms with Gasteiger partial charge in [0.2, 0.25) is 11.8 Å². The molecule has 3 N–H and O–H groups in total. The van der Waals surface area contributed by atoms with Gasteiger partial charge in [0.1, 0.15) is 5.82 Å². The van der Waals surface area contributed by atoms with Gasteiger partial charge in [-0.2, -0.15) is 0 Å². The van der Waals surface area contributed by atoms with E-state index in [2.05, 4.69) is 27.1 Å². The minimum Gasteiger partial charge on any atom is -0.494 e. The fraction of sp³-hybridized carbons (Fsp3) is 0.361. The summed E-state index contributed by atoms with van der Waals surface area (Å²) in [6, 6.07) is 19.3. The number of nitrogens with zero attached hydrogens (tertiary/aromatic N) is 4. The molecule has 1 saturated heterocycles. The summed E-state index contributed by atoms with van der Waals surface area (Å²) in [6.07, 6.45) is 0.409. The molecule has 0 atom stereocenters. The van der Waals surface area contributed by atoms with E-state index in [1.165, 1.54) is 12.1 Å². The lowest BCUT2D eigenvalue weighted by atomic mass is 9.92. The van der Waals surface area contributed by atoms with E-state index < -0.39 is 5.82 Å². The lowest BCUT2D eigenvalue weighted by Crippen LogP contribution is -2.48. The van der Waals surface area contributed by atoms with Crippen molar-refractivity contribution >= 4 is 39.8 Å². The molecule has 2 heterocycles. The van der Waals surface area contributed by atoms with Crippen molar-refractivity contribution in [2.45, 2.75) is 33.7 Å². The molecule has 9 nitrogen and oxygen atoms in total. The molecule has 1 fully saturated rings. The minimum absolute atomic E-state index is 0.0175. The van der Waals surface area contributed by atoms with Gasteiger partial charge in [-0.3, -0.25) is 14.5 Å². The van der Waals surface area contributed by atoms with Crippen LogP contribution in [-0.4, -0.2) is 84.2 Å². The maximum absolute atomic E-state index is 14.1. The fourth-order valence-electron chi connectivity index (χ4n) is 5.56. The highest BCUT2D eigenvalue weighted by atomic mass is 19.1. The number of aliphatic imine (C=N–C) groups is 1. The molecule has 5 rings (SSSR count). The topological polar surface area (TPSA) is 104 Å². The smallest absolute Gasteiger partial charge is 0.240 e. The molecule has 1 aromatic heterocycles. The van der Waals surface area contributed by atoms with Crippen molar-refractivity contribution in [3.05, 3.63) is 89.2 Å². The molecule has 242 valence electrons. The second-order valence-electron chi connectivity index (χ2n) is 13.3. The molecule has 10 heteroatoms. The van der Waals surface area contributed by atoms with Crippen LogP contribution < -0.4 is 10.2 Å². The van der Waals surface area contributed by atoms with E-state index in [1.54, 1.807) is 18.0 Å². The first-order chi connectivity index (χ1) is 21.9. The predicted octanol–water partition coefficient (Wildman–Crippen LogP) is 5.44. The Morgan fingerprint density at radius 2 is 1.74 bits per heavy atom. The zero-order valence-corrected chi connectivity index (χ0v) is 27.2. The maximum atomic E-state index is 14.1. The monoisotopic (exact) mass is 626 g/mol. The van der Waals surface area contributed by atoms with Crippen molar-refractivity contribution in [2.75, 3.05) is 51.7 Å². The van der Waals surface area contributed by atoms with Crippen LogP contribution in [0.2, 0.25) is 0 Å². The van der Waals surface area contributed by atoms with Crippen molar-refractivity contribution in [1.82, 2.24) is 20.1 Å². The summed E-state index contributed by atoms with van der Waals surface area (Å²) in [5.74, 6) is -0.568. The van der Waals surface area contributed by atoms with Crippen LogP contribution >= 0.6 is 0 Å². The number of carbonyl (C=O) groups is 2.